The molecule has 7 nitrogen and oxygen atoms in total. The fraction of sp³-hybridized carbons (Fsp3) is 0.545. The number of ether oxygens (including phenoxy) is 1. The summed E-state index contributed by atoms with van der Waals surface area (Å²) in [6.45, 7) is 0.163. The van der Waals surface area contributed by atoms with Gasteiger partial charge in [-0.25, -0.2) is 4.79 Å². The number of carboxylic acids is 2. The first-order valence-corrected chi connectivity index (χ1v) is 5.22. The minimum Gasteiger partial charge on any atom is -0.481 e. The molecule has 0 aromatic rings. The van der Waals surface area contributed by atoms with E-state index in [1.807, 2.05) is 0 Å². The molecule has 18 heavy (non-hydrogen) atoms. The van der Waals surface area contributed by atoms with Crippen LogP contribution in [-0.2, 0) is 19.1 Å². The third-order valence-corrected chi connectivity index (χ3v) is 1.94. The minimum absolute atomic E-state index is 0.0292. The third-order valence-electron chi connectivity index (χ3n) is 1.94. The van der Waals surface area contributed by atoms with Crippen molar-refractivity contribution in [1.29, 1.82) is 0 Å². The van der Waals surface area contributed by atoms with Crippen molar-refractivity contribution in [2.75, 3.05) is 13.2 Å². The van der Waals surface area contributed by atoms with Gasteiger partial charge in [-0.3, -0.25) is 9.59 Å². The second kappa shape index (κ2) is 9.01. The monoisotopic (exact) mass is 257 g/mol. The Kier molecular flexibility index (Phi) is 7.98. The molecule has 1 unspecified atom stereocenters. The number of hydrogen-bond donors (Lipinski definition) is 3. The van der Waals surface area contributed by atoms with Crippen LogP contribution < -0.4 is 5.32 Å². The molecule has 0 heterocycles. The van der Waals surface area contributed by atoms with Crippen LogP contribution in [-0.4, -0.2) is 47.3 Å². The fourth-order valence-electron chi connectivity index (χ4n) is 1.09. The Morgan fingerprint density at radius 2 is 1.94 bits per heavy atom. The number of terminal acetylenes is 1. The molecular weight excluding hydrogens is 242 g/mol. The number of rotatable bonds is 9. The first-order valence-electron chi connectivity index (χ1n) is 5.22. The van der Waals surface area contributed by atoms with Gasteiger partial charge < -0.3 is 20.3 Å². The molecule has 0 aromatic carbocycles. The quantitative estimate of drug-likeness (QED) is 0.377. The van der Waals surface area contributed by atoms with Gasteiger partial charge in [-0.1, -0.05) is 5.92 Å². The molecule has 0 aliphatic carbocycles. The predicted molar refractivity (Wildman–Crippen MR) is 60.7 cm³/mol. The standard InChI is InChI=1S/C11H15NO6/c1-2-6-18-7-5-9(13)12-8(11(16)17)3-4-10(14)15/h1,8H,3-7H2,(H,12,13)(H,14,15)(H,16,17). The van der Waals surface area contributed by atoms with E-state index in [9.17, 15) is 14.4 Å². The molecule has 100 valence electrons. The molecule has 0 fully saturated rings. The summed E-state index contributed by atoms with van der Waals surface area (Å²) in [7, 11) is 0. The van der Waals surface area contributed by atoms with E-state index >= 15 is 0 Å². The van der Waals surface area contributed by atoms with Crippen LogP contribution in [0.4, 0.5) is 0 Å². The zero-order valence-electron chi connectivity index (χ0n) is 9.72. The lowest BCUT2D eigenvalue weighted by Gasteiger charge is -2.13. The van der Waals surface area contributed by atoms with Gasteiger partial charge in [0.1, 0.15) is 12.6 Å². The van der Waals surface area contributed by atoms with E-state index in [4.69, 9.17) is 21.4 Å². The minimum atomic E-state index is -1.27. The Morgan fingerprint density at radius 3 is 2.44 bits per heavy atom. The van der Waals surface area contributed by atoms with Crippen molar-refractivity contribution in [3.8, 4) is 12.3 Å². The largest absolute Gasteiger partial charge is 0.481 e. The average molecular weight is 257 g/mol. The summed E-state index contributed by atoms with van der Waals surface area (Å²) in [6, 6.07) is -1.21. The van der Waals surface area contributed by atoms with Crippen LogP contribution in [0.25, 0.3) is 0 Å². The van der Waals surface area contributed by atoms with Crippen molar-refractivity contribution in [1.82, 2.24) is 5.32 Å². The van der Waals surface area contributed by atoms with Gasteiger partial charge in [0.05, 0.1) is 13.0 Å². The Bertz CT molecular complexity index is 346. The Hall–Kier alpha value is -2.07. The molecule has 0 bridgehead atoms. The molecule has 0 aliphatic rings. The van der Waals surface area contributed by atoms with E-state index in [-0.39, 0.29) is 32.5 Å². The molecule has 1 atom stereocenters. The molecule has 0 rings (SSSR count). The highest BCUT2D eigenvalue weighted by Gasteiger charge is 2.20. The maximum atomic E-state index is 11.3. The highest BCUT2D eigenvalue weighted by molar-refractivity contribution is 5.83. The maximum absolute atomic E-state index is 11.3. The molecule has 7 heteroatoms. The average Bonchev–Trinajstić information content (AvgIpc) is 2.29. The van der Waals surface area contributed by atoms with Crippen LogP contribution in [0.2, 0.25) is 0 Å². The van der Waals surface area contributed by atoms with Crippen molar-refractivity contribution < 1.29 is 29.3 Å². The van der Waals surface area contributed by atoms with Gasteiger partial charge in [0.2, 0.25) is 5.91 Å². The molecular formula is C11H15NO6. The van der Waals surface area contributed by atoms with Gasteiger partial charge in [-0.05, 0) is 6.42 Å². The predicted octanol–water partition coefficient (Wildman–Crippen LogP) is -0.539. The first kappa shape index (κ1) is 15.9. The van der Waals surface area contributed by atoms with Crippen LogP contribution in [0, 0.1) is 12.3 Å². The molecule has 3 N–H and O–H groups in total. The Morgan fingerprint density at radius 1 is 1.28 bits per heavy atom. The third kappa shape index (κ3) is 8.13. The van der Waals surface area contributed by atoms with Crippen LogP contribution in [0.3, 0.4) is 0 Å². The Labute approximate surface area is 104 Å². The van der Waals surface area contributed by atoms with Crippen LogP contribution in [0.5, 0.6) is 0 Å². The van der Waals surface area contributed by atoms with Gasteiger partial charge in [-0.2, -0.15) is 0 Å². The number of aliphatic carboxylic acids is 2. The summed E-state index contributed by atoms with van der Waals surface area (Å²) in [5.41, 5.74) is 0. The van der Waals surface area contributed by atoms with Gasteiger partial charge in [0.15, 0.2) is 0 Å². The number of carbonyl (C=O) groups excluding carboxylic acids is 1. The van der Waals surface area contributed by atoms with E-state index in [0.717, 1.165) is 0 Å². The van der Waals surface area contributed by atoms with E-state index in [0.29, 0.717) is 0 Å². The topological polar surface area (TPSA) is 113 Å². The highest BCUT2D eigenvalue weighted by Crippen LogP contribution is 1.99. The summed E-state index contributed by atoms with van der Waals surface area (Å²) in [5.74, 6) is -0.690. The molecule has 1 amide bonds. The zero-order valence-corrected chi connectivity index (χ0v) is 9.72. The van der Waals surface area contributed by atoms with Gasteiger partial charge >= 0.3 is 11.9 Å². The van der Waals surface area contributed by atoms with E-state index in [1.165, 1.54) is 0 Å². The smallest absolute Gasteiger partial charge is 0.326 e. The number of amides is 1. The molecule has 0 radical (unpaired) electrons. The van der Waals surface area contributed by atoms with E-state index in [2.05, 4.69) is 11.2 Å². The van der Waals surface area contributed by atoms with E-state index < -0.39 is 23.9 Å². The second-order valence-corrected chi connectivity index (χ2v) is 3.40. The van der Waals surface area contributed by atoms with Gasteiger partial charge in [0, 0.05) is 6.42 Å². The van der Waals surface area contributed by atoms with Crippen LogP contribution in [0.15, 0.2) is 0 Å². The SMILES string of the molecule is C#CCOCCC(=O)NC(CCC(=O)O)C(=O)O. The lowest BCUT2D eigenvalue weighted by atomic mass is 10.1. The lowest BCUT2D eigenvalue weighted by Crippen LogP contribution is -2.41. The van der Waals surface area contributed by atoms with Crippen molar-refractivity contribution in [3.63, 3.8) is 0 Å². The molecule has 0 saturated carbocycles. The first-order chi connectivity index (χ1) is 8.47. The van der Waals surface area contributed by atoms with Crippen LogP contribution >= 0.6 is 0 Å². The number of nitrogens with one attached hydrogen (secondary N) is 1. The molecule has 0 aromatic heterocycles. The fourth-order valence-corrected chi connectivity index (χ4v) is 1.09. The highest BCUT2D eigenvalue weighted by atomic mass is 16.5. The van der Waals surface area contributed by atoms with Gasteiger partial charge in [0.25, 0.3) is 0 Å². The summed E-state index contributed by atoms with van der Waals surface area (Å²) in [5, 5.41) is 19.4. The van der Waals surface area contributed by atoms with Crippen molar-refractivity contribution in [3.05, 3.63) is 0 Å². The number of carboxylic acid groups (broad SMARTS) is 2. The number of hydrogen-bond acceptors (Lipinski definition) is 4. The summed E-state index contributed by atoms with van der Waals surface area (Å²) in [6.07, 6.45) is 4.40. The second-order valence-electron chi connectivity index (χ2n) is 3.40. The molecule has 0 saturated heterocycles. The van der Waals surface area contributed by atoms with Crippen molar-refractivity contribution in [2.24, 2.45) is 0 Å². The molecule has 0 spiro atoms. The lowest BCUT2D eigenvalue weighted by molar-refractivity contribution is -0.143. The normalized spacial score (nSPS) is 11.3. The number of carbonyl (C=O) groups is 3. The van der Waals surface area contributed by atoms with E-state index in [1.54, 1.807) is 0 Å². The summed E-state index contributed by atoms with van der Waals surface area (Å²) < 4.78 is 4.86. The van der Waals surface area contributed by atoms with Gasteiger partial charge in [-0.15, -0.1) is 6.42 Å². The molecule has 0 aliphatic heterocycles. The summed E-state index contributed by atoms with van der Waals surface area (Å²) >= 11 is 0. The van der Waals surface area contributed by atoms with Crippen molar-refractivity contribution in [2.45, 2.75) is 25.3 Å². The maximum Gasteiger partial charge on any atom is 0.326 e. The van der Waals surface area contributed by atoms with Crippen molar-refractivity contribution >= 4 is 17.8 Å². The van der Waals surface area contributed by atoms with Crippen LogP contribution in [0.1, 0.15) is 19.3 Å². The Balaban J connectivity index is 4.00. The summed E-state index contributed by atoms with van der Waals surface area (Å²) in [4.78, 5) is 32.4. The zero-order chi connectivity index (χ0) is 14.0.